The van der Waals surface area contributed by atoms with Crippen molar-refractivity contribution >= 4 is 0 Å². The Hall–Kier alpha value is -0.930. The molecule has 0 amide bonds. The van der Waals surface area contributed by atoms with E-state index in [9.17, 15) is 0 Å². The van der Waals surface area contributed by atoms with Gasteiger partial charge in [0.25, 0.3) is 0 Å². The molecule has 1 aliphatic carbocycles. The van der Waals surface area contributed by atoms with Crippen LogP contribution in [-0.4, -0.2) is 35.6 Å². The van der Waals surface area contributed by atoms with Crippen LogP contribution in [0.4, 0.5) is 0 Å². The molecule has 1 saturated heterocycles. The summed E-state index contributed by atoms with van der Waals surface area (Å²) >= 11 is 0. The summed E-state index contributed by atoms with van der Waals surface area (Å²) in [7, 11) is 0. The SMILES string of the molecule is Cc1cccc(CN(CC2CCNCC2)C2CC2)n1. The van der Waals surface area contributed by atoms with E-state index in [4.69, 9.17) is 0 Å². The zero-order chi connectivity index (χ0) is 13.1. The summed E-state index contributed by atoms with van der Waals surface area (Å²) in [6.45, 7) is 6.79. The molecule has 2 aliphatic rings. The quantitative estimate of drug-likeness (QED) is 0.880. The number of hydrogen-bond donors (Lipinski definition) is 1. The lowest BCUT2D eigenvalue weighted by Crippen LogP contribution is -2.37. The van der Waals surface area contributed by atoms with Gasteiger partial charge >= 0.3 is 0 Å². The van der Waals surface area contributed by atoms with Crippen LogP contribution in [0, 0.1) is 12.8 Å². The van der Waals surface area contributed by atoms with Crippen LogP contribution in [0.2, 0.25) is 0 Å². The molecule has 3 heteroatoms. The standard InChI is InChI=1S/C16H25N3/c1-13-3-2-4-15(18-13)12-19(16-5-6-16)11-14-7-9-17-10-8-14/h2-4,14,16-17H,5-12H2,1H3. The number of pyridine rings is 1. The Balaban J connectivity index is 1.60. The predicted octanol–water partition coefficient (Wildman–Crippen LogP) is 2.35. The summed E-state index contributed by atoms with van der Waals surface area (Å²) in [4.78, 5) is 7.34. The molecule has 0 unspecified atom stereocenters. The predicted molar refractivity (Wildman–Crippen MR) is 78.0 cm³/mol. The summed E-state index contributed by atoms with van der Waals surface area (Å²) in [5, 5.41) is 3.46. The van der Waals surface area contributed by atoms with Crippen molar-refractivity contribution in [1.29, 1.82) is 0 Å². The van der Waals surface area contributed by atoms with Crippen molar-refractivity contribution < 1.29 is 0 Å². The molecule has 1 saturated carbocycles. The second kappa shape index (κ2) is 6.02. The summed E-state index contributed by atoms with van der Waals surface area (Å²) in [5.41, 5.74) is 2.37. The zero-order valence-corrected chi connectivity index (χ0v) is 11.9. The van der Waals surface area contributed by atoms with Crippen molar-refractivity contribution in [3.8, 4) is 0 Å². The Labute approximate surface area is 116 Å². The third-order valence-corrected chi connectivity index (χ3v) is 4.33. The van der Waals surface area contributed by atoms with Gasteiger partial charge in [0.1, 0.15) is 0 Å². The molecule has 1 aliphatic heterocycles. The van der Waals surface area contributed by atoms with E-state index in [1.54, 1.807) is 0 Å². The molecule has 104 valence electrons. The highest BCUT2D eigenvalue weighted by Gasteiger charge is 2.31. The minimum Gasteiger partial charge on any atom is -0.317 e. The number of piperidine rings is 1. The first-order valence-electron chi connectivity index (χ1n) is 7.68. The van der Waals surface area contributed by atoms with Gasteiger partial charge in [-0.3, -0.25) is 9.88 Å². The maximum absolute atomic E-state index is 4.66. The van der Waals surface area contributed by atoms with Gasteiger partial charge in [0.15, 0.2) is 0 Å². The summed E-state index contributed by atoms with van der Waals surface area (Å²) in [6.07, 6.45) is 5.45. The van der Waals surface area contributed by atoms with E-state index in [1.807, 2.05) is 0 Å². The van der Waals surface area contributed by atoms with Gasteiger partial charge in [-0.25, -0.2) is 0 Å². The molecule has 0 spiro atoms. The summed E-state index contributed by atoms with van der Waals surface area (Å²) in [5.74, 6) is 0.881. The molecule has 19 heavy (non-hydrogen) atoms. The topological polar surface area (TPSA) is 28.2 Å². The Kier molecular flexibility index (Phi) is 4.14. The lowest BCUT2D eigenvalue weighted by Gasteiger charge is -2.30. The maximum Gasteiger partial charge on any atom is 0.0547 e. The fraction of sp³-hybridized carbons (Fsp3) is 0.688. The number of aromatic nitrogens is 1. The Morgan fingerprint density at radius 3 is 2.68 bits per heavy atom. The minimum absolute atomic E-state index is 0.831. The normalized spacial score (nSPS) is 20.9. The van der Waals surface area contributed by atoms with E-state index in [0.29, 0.717) is 0 Å². The fourth-order valence-corrected chi connectivity index (χ4v) is 3.07. The van der Waals surface area contributed by atoms with E-state index in [1.165, 1.54) is 51.0 Å². The summed E-state index contributed by atoms with van der Waals surface area (Å²) < 4.78 is 0. The maximum atomic E-state index is 4.66. The molecule has 0 radical (unpaired) electrons. The Morgan fingerprint density at radius 1 is 1.21 bits per heavy atom. The van der Waals surface area contributed by atoms with Crippen LogP contribution in [-0.2, 0) is 6.54 Å². The first-order chi connectivity index (χ1) is 9.31. The second-order valence-electron chi connectivity index (χ2n) is 6.12. The molecular weight excluding hydrogens is 234 g/mol. The van der Waals surface area contributed by atoms with Gasteiger partial charge in [-0.1, -0.05) is 6.07 Å². The monoisotopic (exact) mass is 259 g/mol. The van der Waals surface area contributed by atoms with Crippen molar-refractivity contribution in [2.24, 2.45) is 5.92 Å². The highest BCUT2D eigenvalue weighted by Crippen LogP contribution is 2.30. The van der Waals surface area contributed by atoms with Gasteiger partial charge in [-0.05, 0) is 63.7 Å². The van der Waals surface area contributed by atoms with Gasteiger partial charge in [0, 0.05) is 24.8 Å². The van der Waals surface area contributed by atoms with Crippen LogP contribution in [0.1, 0.15) is 37.1 Å². The van der Waals surface area contributed by atoms with Crippen molar-refractivity contribution in [2.45, 2.75) is 45.2 Å². The summed E-state index contributed by atoms with van der Waals surface area (Å²) in [6, 6.07) is 7.22. The van der Waals surface area contributed by atoms with Crippen LogP contribution in [0.15, 0.2) is 18.2 Å². The number of nitrogens with one attached hydrogen (secondary N) is 1. The first-order valence-corrected chi connectivity index (χ1v) is 7.68. The average Bonchev–Trinajstić information content (AvgIpc) is 3.23. The van der Waals surface area contributed by atoms with E-state index in [0.717, 1.165) is 24.2 Å². The number of nitrogens with zero attached hydrogens (tertiary/aromatic N) is 2. The van der Waals surface area contributed by atoms with Gasteiger partial charge in [-0.2, -0.15) is 0 Å². The van der Waals surface area contributed by atoms with Gasteiger partial charge in [0.2, 0.25) is 0 Å². The molecular formula is C16H25N3. The third kappa shape index (κ3) is 3.77. The lowest BCUT2D eigenvalue weighted by molar-refractivity contribution is 0.188. The fourth-order valence-electron chi connectivity index (χ4n) is 3.07. The molecule has 1 aromatic heterocycles. The highest BCUT2D eigenvalue weighted by molar-refractivity contribution is 5.10. The Morgan fingerprint density at radius 2 is 2.00 bits per heavy atom. The van der Waals surface area contributed by atoms with Crippen LogP contribution < -0.4 is 5.32 Å². The van der Waals surface area contributed by atoms with Crippen molar-refractivity contribution in [2.75, 3.05) is 19.6 Å². The first kappa shape index (κ1) is 13.1. The smallest absolute Gasteiger partial charge is 0.0547 e. The number of rotatable bonds is 5. The molecule has 3 rings (SSSR count). The average molecular weight is 259 g/mol. The van der Waals surface area contributed by atoms with Crippen LogP contribution in [0.3, 0.4) is 0 Å². The molecule has 1 aromatic rings. The van der Waals surface area contributed by atoms with Crippen molar-refractivity contribution in [3.05, 3.63) is 29.6 Å². The van der Waals surface area contributed by atoms with Crippen LogP contribution in [0.5, 0.6) is 0 Å². The van der Waals surface area contributed by atoms with E-state index < -0.39 is 0 Å². The number of aryl methyl sites for hydroxylation is 1. The van der Waals surface area contributed by atoms with Gasteiger partial charge < -0.3 is 5.32 Å². The highest BCUT2D eigenvalue weighted by atomic mass is 15.2. The van der Waals surface area contributed by atoms with E-state index >= 15 is 0 Å². The van der Waals surface area contributed by atoms with Gasteiger partial charge in [0.05, 0.1) is 5.69 Å². The molecule has 1 N–H and O–H groups in total. The lowest BCUT2D eigenvalue weighted by atomic mass is 9.97. The third-order valence-electron chi connectivity index (χ3n) is 4.33. The molecule has 0 atom stereocenters. The van der Waals surface area contributed by atoms with E-state index in [2.05, 4.69) is 40.3 Å². The molecule has 0 aromatic carbocycles. The van der Waals surface area contributed by atoms with Crippen LogP contribution in [0.25, 0.3) is 0 Å². The molecule has 2 fully saturated rings. The van der Waals surface area contributed by atoms with E-state index in [-0.39, 0.29) is 0 Å². The molecule has 2 heterocycles. The van der Waals surface area contributed by atoms with Gasteiger partial charge in [-0.15, -0.1) is 0 Å². The second-order valence-corrected chi connectivity index (χ2v) is 6.12. The molecule has 3 nitrogen and oxygen atoms in total. The number of hydrogen-bond acceptors (Lipinski definition) is 3. The zero-order valence-electron chi connectivity index (χ0n) is 11.9. The van der Waals surface area contributed by atoms with Crippen molar-refractivity contribution in [3.63, 3.8) is 0 Å². The largest absolute Gasteiger partial charge is 0.317 e. The minimum atomic E-state index is 0.831. The van der Waals surface area contributed by atoms with Crippen molar-refractivity contribution in [1.82, 2.24) is 15.2 Å². The van der Waals surface area contributed by atoms with Crippen LogP contribution >= 0.6 is 0 Å². The Bertz CT molecular complexity index is 408. The molecule has 0 bridgehead atoms.